The Hall–Kier alpha value is -1.03. The lowest BCUT2D eigenvalue weighted by Crippen LogP contribution is -2.10. The summed E-state index contributed by atoms with van der Waals surface area (Å²) in [6.45, 7) is 0.961. The van der Waals surface area contributed by atoms with Crippen LogP contribution in [-0.4, -0.2) is 5.11 Å². The Morgan fingerprint density at radius 1 is 1.31 bits per heavy atom. The molecular weight excluding hydrogens is 181 g/mol. The van der Waals surface area contributed by atoms with Gasteiger partial charge in [0.15, 0.2) is 0 Å². The second-order valence-electron chi connectivity index (χ2n) is 2.76. The molecule has 72 valence electrons. The Balaban J connectivity index is 3.29. The van der Waals surface area contributed by atoms with Gasteiger partial charge in [0.1, 0.15) is 0 Å². The van der Waals surface area contributed by atoms with Gasteiger partial charge in [-0.25, -0.2) is 0 Å². The summed E-state index contributed by atoms with van der Waals surface area (Å²) >= 11 is 0. The van der Waals surface area contributed by atoms with Gasteiger partial charge in [-0.1, -0.05) is 12.1 Å². The molecule has 0 saturated heterocycles. The summed E-state index contributed by atoms with van der Waals surface area (Å²) in [7, 11) is 0. The molecule has 0 aromatic heterocycles. The fraction of sp³-hybridized carbons (Fsp3) is 0.333. The van der Waals surface area contributed by atoms with E-state index in [9.17, 15) is 13.2 Å². The molecular formula is C9H9F3O. The van der Waals surface area contributed by atoms with Gasteiger partial charge in [-0.2, -0.15) is 13.2 Å². The van der Waals surface area contributed by atoms with E-state index in [-0.39, 0.29) is 5.56 Å². The number of halogens is 3. The third-order valence-corrected chi connectivity index (χ3v) is 1.87. The van der Waals surface area contributed by atoms with Gasteiger partial charge in [0.25, 0.3) is 0 Å². The van der Waals surface area contributed by atoms with E-state index in [1.165, 1.54) is 6.07 Å². The van der Waals surface area contributed by atoms with Crippen molar-refractivity contribution < 1.29 is 18.3 Å². The highest BCUT2D eigenvalue weighted by Crippen LogP contribution is 2.33. The molecule has 0 amide bonds. The van der Waals surface area contributed by atoms with E-state index >= 15 is 0 Å². The third kappa shape index (κ3) is 2.01. The van der Waals surface area contributed by atoms with Gasteiger partial charge in [0.05, 0.1) is 12.2 Å². The molecule has 0 spiro atoms. The first-order valence-corrected chi connectivity index (χ1v) is 3.73. The Labute approximate surface area is 73.8 Å². The molecule has 1 aromatic carbocycles. The van der Waals surface area contributed by atoms with E-state index in [1.54, 1.807) is 13.0 Å². The van der Waals surface area contributed by atoms with Crippen LogP contribution in [0.5, 0.6) is 0 Å². The molecule has 0 unspecified atom stereocenters. The maximum Gasteiger partial charge on any atom is 0.416 e. The van der Waals surface area contributed by atoms with Crippen LogP contribution in [0.25, 0.3) is 0 Å². The normalized spacial score (nSPS) is 11.8. The van der Waals surface area contributed by atoms with Crippen molar-refractivity contribution in [3.05, 3.63) is 34.9 Å². The van der Waals surface area contributed by atoms with Crippen molar-refractivity contribution in [3.63, 3.8) is 0 Å². The largest absolute Gasteiger partial charge is 0.416 e. The van der Waals surface area contributed by atoms with E-state index in [0.29, 0.717) is 5.56 Å². The summed E-state index contributed by atoms with van der Waals surface area (Å²) in [4.78, 5) is 0. The number of alkyl halides is 3. The zero-order valence-electron chi connectivity index (χ0n) is 7.02. The standard InChI is InChI=1S/C9H9F3O/c1-6-3-2-4-8(7(6)5-13)9(10,11)12/h2-4,13H,5H2,1H3. The maximum atomic E-state index is 12.3. The minimum absolute atomic E-state index is 0.0463. The molecule has 0 aliphatic carbocycles. The van der Waals surface area contributed by atoms with Gasteiger partial charge in [-0.15, -0.1) is 0 Å². The smallest absolute Gasteiger partial charge is 0.392 e. The van der Waals surface area contributed by atoms with Crippen molar-refractivity contribution in [1.29, 1.82) is 0 Å². The van der Waals surface area contributed by atoms with Crippen LogP contribution in [0.4, 0.5) is 13.2 Å². The van der Waals surface area contributed by atoms with Crippen LogP contribution < -0.4 is 0 Å². The molecule has 13 heavy (non-hydrogen) atoms. The molecule has 0 aliphatic heterocycles. The minimum Gasteiger partial charge on any atom is -0.392 e. The van der Waals surface area contributed by atoms with E-state index < -0.39 is 18.3 Å². The molecule has 1 aromatic rings. The number of hydrogen-bond donors (Lipinski definition) is 1. The molecule has 0 heterocycles. The first-order chi connectivity index (χ1) is 5.96. The van der Waals surface area contributed by atoms with Gasteiger partial charge in [0, 0.05) is 0 Å². The number of aryl methyl sites for hydroxylation is 1. The number of aliphatic hydroxyl groups is 1. The average Bonchev–Trinajstić information content (AvgIpc) is 2.02. The molecule has 4 heteroatoms. The van der Waals surface area contributed by atoms with Crippen molar-refractivity contribution in [2.45, 2.75) is 19.7 Å². The number of benzene rings is 1. The van der Waals surface area contributed by atoms with Crippen LogP contribution >= 0.6 is 0 Å². The van der Waals surface area contributed by atoms with Gasteiger partial charge in [-0.05, 0) is 24.1 Å². The summed E-state index contributed by atoms with van der Waals surface area (Å²) in [6, 6.07) is 3.84. The van der Waals surface area contributed by atoms with E-state index in [2.05, 4.69) is 0 Å². The van der Waals surface area contributed by atoms with E-state index in [1.807, 2.05) is 0 Å². The van der Waals surface area contributed by atoms with Crippen molar-refractivity contribution in [2.24, 2.45) is 0 Å². The second kappa shape index (κ2) is 3.38. The predicted octanol–water partition coefficient (Wildman–Crippen LogP) is 2.51. The number of aliphatic hydroxyl groups excluding tert-OH is 1. The lowest BCUT2D eigenvalue weighted by Gasteiger charge is -2.12. The van der Waals surface area contributed by atoms with Crippen LogP contribution in [0.1, 0.15) is 16.7 Å². The Kier molecular flexibility index (Phi) is 2.61. The Bertz CT molecular complexity index is 304. The van der Waals surface area contributed by atoms with Gasteiger partial charge < -0.3 is 5.11 Å². The molecule has 0 bridgehead atoms. The first-order valence-electron chi connectivity index (χ1n) is 3.73. The lowest BCUT2D eigenvalue weighted by atomic mass is 10.0. The predicted molar refractivity (Wildman–Crippen MR) is 42.1 cm³/mol. The zero-order valence-corrected chi connectivity index (χ0v) is 7.02. The molecule has 0 saturated carbocycles. The summed E-state index contributed by atoms with van der Waals surface area (Å²) in [5.41, 5.74) is -0.345. The van der Waals surface area contributed by atoms with Gasteiger partial charge in [-0.3, -0.25) is 0 Å². The monoisotopic (exact) mass is 190 g/mol. The van der Waals surface area contributed by atoms with E-state index in [0.717, 1.165) is 6.07 Å². The first kappa shape index (κ1) is 10.1. The van der Waals surface area contributed by atoms with Crippen LogP contribution in [0.3, 0.4) is 0 Å². The molecule has 0 atom stereocenters. The topological polar surface area (TPSA) is 20.2 Å². The molecule has 1 N–H and O–H groups in total. The Morgan fingerprint density at radius 3 is 2.31 bits per heavy atom. The SMILES string of the molecule is Cc1cccc(C(F)(F)F)c1CO. The van der Waals surface area contributed by atoms with Crippen LogP contribution in [0.15, 0.2) is 18.2 Å². The van der Waals surface area contributed by atoms with E-state index in [4.69, 9.17) is 5.11 Å². The highest BCUT2D eigenvalue weighted by Gasteiger charge is 2.33. The van der Waals surface area contributed by atoms with Crippen molar-refractivity contribution in [1.82, 2.24) is 0 Å². The molecule has 0 fully saturated rings. The maximum absolute atomic E-state index is 12.3. The van der Waals surface area contributed by atoms with Crippen LogP contribution in [0.2, 0.25) is 0 Å². The second-order valence-corrected chi connectivity index (χ2v) is 2.76. The van der Waals surface area contributed by atoms with Crippen LogP contribution in [-0.2, 0) is 12.8 Å². The van der Waals surface area contributed by atoms with Gasteiger partial charge >= 0.3 is 6.18 Å². The average molecular weight is 190 g/mol. The lowest BCUT2D eigenvalue weighted by molar-refractivity contribution is -0.138. The zero-order chi connectivity index (χ0) is 10.1. The van der Waals surface area contributed by atoms with Crippen molar-refractivity contribution >= 4 is 0 Å². The number of hydrogen-bond acceptors (Lipinski definition) is 1. The van der Waals surface area contributed by atoms with Crippen molar-refractivity contribution in [3.8, 4) is 0 Å². The summed E-state index contributed by atoms with van der Waals surface area (Å²) in [5.74, 6) is 0. The molecule has 1 rings (SSSR count). The number of rotatable bonds is 1. The molecule has 0 aliphatic rings. The highest BCUT2D eigenvalue weighted by molar-refractivity contribution is 5.35. The summed E-state index contributed by atoms with van der Waals surface area (Å²) < 4.78 is 36.9. The highest BCUT2D eigenvalue weighted by atomic mass is 19.4. The minimum atomic E-state index is -4.38. The fourth-order valence-electron chi connectivity index (χ4n) is 1.18. The molecule has 0 radical (unpaired) electrons. The Morgan fingerprint density at radius 2 is 1.92 bits per heavy atom. The quantitative estimate of drug-likeness (QED) is 0.721. The summed E-state index contributed by atoms with van der Waals surface area (Å²) in [6.07, 6.45) is -4.38. The van der Waals surface area contributed by atoms with Crippen molar-refractivity contribution in [2.75, 3.05) is 0 Å². The summed E-state index contributed by atoms with van der Waals surface area (Å²) in [5, 5.41) is 8.76. The fourth-order valence-corrected chi connectivity index (χ4v) is 1.18. The van der Waals surface area contributed by atoms with Crippen LogP contribution in [0, 0.1) is 6.92 Å². The van der Waals surface area contributed by atoms with Gasteiger partial charge in [0.2, 0.25) is 0 Å². The molecule has 1 nitrogen and oxygen atoms in total. The third-order valence-electron chi connectivity index (χ3n) is 1.87.